The van der Waals surface area contributed by atoms with E-state index in [1.165, 1.54) is 4.88 Å². The molecule has 0 saturated carbocycles. The van der Waals surface area contributed by atoms with E-state index in [-0.39, 0.29) is 0 Å². The summed E-state index contributed by atoms with van der Waals surface area (Å²) in [4.78, 5) is 3.43. The first-order chi connectivity index (χ1) is 8.60. The molecule has 1 aromatic carbocycles. The molecule has 0 unspecified atom stereocenters. The monoisotopic (exact) mass is 363 g/mol. The molecule has 0 bridgehead atoms. The van der Waals surface area contributed by atoms with Gasteiger partial charge in [-0.2, -0.15) is 0 Å². The van der Waals surface area contributed by atoms with Crippen molar-refractivity contribution in [2.45, 2.75) is 12.4 Å². The molecule has 2 rings (SSSR count). The Hall–Kier alpha value is -0.220. The van der Waals surface area contributed by atoms with Crippen molar-refractivity contribution in [2.24, 2.45) is 0 Å². The Labute approximate surface area is 129 Å². The highest BCUT2D eigenvalue weighted by molar-refractivity contribution is 9.10. The van der Waals surface area contributed by atoms with Crippen molar-refractivity contribution in [1.29, 1.82) is 0 Å². The van der Waals surface area contributed by atoms with Crippen LogP contribution in [-0.4, -0.2) is 7.05 Å². The highest BCUT2D eigenvalue weighted by atomic mass is 79.9. The summed E-state index contributed by atoms with van der Waals surface area (Å²) in [5, 5.41) is 0. The minimum absolute atomic E-state index is 0.531. The Morgan fingerprint density at radius 2 is 2.06 bits per heavy atom. The molecule has 2 aromatic rings. The van der Waals surface area contributed by atoms with Gasteiger partial charge in [0.15, 0.2) is 0 Å². The van der Waals surface area contributed by atoms with Crippen LogP contribution in [0.15, 0.2) is 34.8 Å². The van der Waals surface area contributed by atoms with Crippen molar-refractivity contribution >= 4 is 56.2 Å². The third-order valence-electron chi connectivity index (χ3n) is 2.60. The summed E-state index contributed by atoms with van der Waals surface area (Å²) in [6.45, 7) is 0.843. The van der Waals surface area contributed by atoms with Crippen LogP contribution in [0.5, 0.6) is 0 Å². The maximum atomic E-state index is 5.94. The van der Waals surface area contributed by atoms with Gasteiger partial charge in [-0.15, -0.1) is 22.9 Å². The van der Waals surface area contributed by atoms with Crippen LogP contribution < -0.4 is 4.90 Å². The minimum Gasteiger partial charge on any atom is -0.369 e. The number of anilines is 1. The predicted octanol–water partition coefficient (Wildman–Crippen LogP) is 5.54. The third-order valence-corrected chi connectivity index (χ3v) is 4.76. The molecule has 0 saturated heterocycles. The van der Waals surface area contributed by atoms with Crippen molar-refractivity contribution < 1.29 is 0 Å². The Bertz CT molecular complexity index is 542. The number of halogens is 3. The fourth-order valence-electron chi connectivity index (χ4n) is 1.70. The number of rotatable bonds is 4. The van der Waals surface area contributed by atoms with Gasteiger partial charge < -0.3 is 4.90 Å². The van der Waals surface area contributed by atoms with Gasteiger partial charge in [-0.25, -0.2) is 0 Å². The molecule has 18 heavy (non-hydrogen) atoms. The molecule has 5 heteroatoms. The van der Waals surface area contributed by atoms with Gasteiger partial charge in [0.25, 0.3) is 0 Å². The second kappa shape index (κ2) is 6.29. The summed E-state index contributed by atoms with van der Waals surface area (Å²) in [5.41, 5.74) is 2.26. The maximum Gasteiger partial charge on any atom is 0.0931 e. The first-order valence-electron chi connectivity index (χ1n) is 5.40. The minimum atomic E-state index is 0.531. The van der Waals surface area contributed by atoms with Crippen LogP contribution in [0.4, 0.5) is 5.69 Å². The quantitative estimate of drug-likeness (QED) is 0.644. The standard InChI is InChI=1S/C13H12BrCl2NS/c1-17(8-10-3-5-13(16)18-10)12-4-2-9(7-15)6-11(12)14/h2-6H,7-8H2,1H3. The summed E-state index contributed by atoms with van der Waals surface area (Å²) < 4.78 is 1.89. The normalized spacial score (nSPS) is 10.7. The van der Waals surface area contributed by atoms with Crippen LogP contribution in [0.3, 0.4) is 0 Å². The molecule has 0 radical (unpaired) electrons. The zero-order valence-corrected chi connectivity index (χ0v) is 13.7. The molecule has 1 nitrogen and oxygen atoms in total. The molecule has 0 fully saturated rings. The molecular weight excluding hydrogens is 353 g/mol. The van der Waals surface area contributed by atoms with Gasteiger partial charge in [-0.3, -0.25) is 0 Å². The molecule has 1 aromatic heterocycles. The SMILES string of the molecule is CN(Cc1ccc(Cl)s1)c1ccc(CCl)cc1Br. The highest BCUT2D eigenvalue weighted by Crippen LogP contribution is 2.30. The number of alkyl halides is 1. The summed E-state index contributed by atoms with van der Waals surface area (Å²) in [6.07, 6.45) is 0. The molecule has 0 atom stereocenters. The van der Waals surface area contributed by atoms with Crippen molar-refractivity contribution in [3.8, 4) is 0 Å². The van der Waals surface area contributed by atoms with Gasteiger partial charge in [-0.05, 0) is 45.8 Å². The van der Waals surface area contributed by atoms with Crippen molar-refractivity contribution in [1.82, 2.24) is 0 Å². The predicted molar refractivity (Wildman–Crippen MR) is 85.1 cm³/mol. The number of thiophene rings is 1. The van der Waals surface area contributed by atoms with Crippen molar-refractivity contribution in [3.63, 3.8) is 0 Å². The Morgan fingerprint density at radius 1 is 1.28 bits per heavy atom. The third kappa shape index (κ3) is 3.41. The van der Waals surface area contributed by atoms with Gasteiger partial charge in [0.1, 0.15) is 0 Å². The van der Waals surface area contributed by atoms with Crippen LogP contribution in [0.25, 0.3) is 0 Å². The van der Waals surface area contributed by atoms with Gasteiger partial charge in [-0.1, -0.05) is 17.7 Å². The van der Waals surface area contributed by atoms with Crippen LogP contribution in [-0.2, 0) is 12.4 Å². The summed E-state index contributed by atoms with van der Waals surface area (Å²) >= 11 is 16.9. The average molecular weight is 365 g/mol. The van der Waals surface area contributed by atoms with E-state index in [4.69, 9.17) is 23.2 Å². The van der Waals surface area contributed by atoms with Crippen LogP contribution >= 0.6 is 50.5 Å². The van der Waals surface area contributed by atoms with Gasteiger partial charge in [0.2, 0.25) is 0 Å². The molecular formula is C13H12BrCl2NS. The summed E-state index contributed by atoms with van der Waals surface area (Å²) in [5.74, 6) is 0.531. The van der Waals surface area contributed by atoms with E-state index in [1.54, 1.807) is 11.3 Å². The lowest BCUT2D eigenvalue weighted by molar-refractivity contribution is 0.936. The van der Waals surface area contributed by atoms with Crippen LogP contribution in [0.2, 0.25) is 4.34 Å². The molecule has 1 heterocycles. The maximum absolute atomic E-state index is 5.94. The molecule has 0 N–H and O–H groups in total. The Morgan fingerprint density at radius 3 is 2.61 bits per heavy atom. The lowest BCUT2D eigenvalue weighted by atomic mass is 10.2. The molecule has 0 amide bonds. The molecule has 96 valence electrons. The number of benzene rings is 1. The average Bonchev–Trinajstić information content (AvgIpc) is 2.74. The van der Waals surface area contributed by atoms with E-state index < -0.39 is 0 Å². The zero-order valence-electron chi connectivity index (χ0n) is 9.79. The lowest BCUT2D eigenvalue weighted by Crippen LogP contribution is -2.16. The Kier molecular flexibility index (Phi) is 4.96. The second-order valence-corrected chi connectivity index (χ2v) is 6.90. The number of hydrogen-bond acceptors (Lipinski definition) is 2. The van der Waals surface area contributed by atoms with E-state index in [1.807, 2.05) is 12.1 Å². The number of hydrogen-bond donors (Lipinski definition) is 0. The second-order valence-electron chi connectivity index (χ2n) is 3.98. The first-order valence-corrected chi connectivity index (χ1v) is 7.92. The number of nitrogens with zero attached hydrogens (tertiary/aromatic N) is 1. The van der Waals surface area contributed by atoms with E-state index in [0.717, 1.165) is 26.6 Å². The van der Waals surface area contributed by atoms with E-state index in [9.17, 15) is 0 Å². The zero-order chi connectivity index (χ0) is 13.1. The van der Waals surface area contributed by atoms with E-state index in [2.05, 4.69) is 46.1 Å². The van der Waals surface area contributed by atoms with E-state index in [0.29, 0.717) is 5.88 Å². The molecule has 0 aliphatic rings. The van der Waals surface area contributed by atoms with Gasteiger partial charge >= 0.3 is 0 Å². The fourth-order valence-corrected chi connectivity index (χ4v) is 3.74. The largest absolute Gasteiger partial charge is 0.369 e. The van der Waals surface area contributed by atoms with Gasteiger partial charge in [0.05, 0.1) is 16.6 Å². The molecule has 0 spiro atoms. The molecule has 0 aliphatic carbocycles. The first kappa shape index (κ1) is 14.2. The fraction of sp³-hybridized carbons (Fsp3) is 0.231. The highest BCUT2D eigenvalue weighted by Gasteiger charge is 2.08. The van der Waals surface area contributed by atoms with E-state index >= 15 is 0 Å². The summed E-state index contributed by atoms with van der Waals surface area (Å²) in [6, 6.07) is 10.2. The van der Waals surface area contributed by atoms with Gasteiger partial charge in [0, 0.05) is 22.3 Å². The Balaban J connectivity index is 2.15. The van der Waals surface area contributed by atoms with Crippen molar-refractivity contribution in [3.05, 3.63) is 49.6 Å². The smallest absolute Gasteiger partial charge is 0.0931 e. The van der Waals surface area contributed by atoms with Crippen LogP contribution in [0.1, 0.15) is 10.4 Å². The molecule has 0 aliphatic heterocycles. The van der Waals surface area contributed by atoms with Crippen molar-refractivity contribution in [2.75, 3.05) is 11.9 Å². The van der Waals surface area contributed by atoms with Crippen LogP contribution in [0, 0.1) is 0 Å². The topological polar surface area (TPSA) is 3.24 Å². The summed E-state index contributed by atoms with van der Waals surface area (Å²) in [7, 11) is 2.06. The lowest BCUT2D eigenvalue weighted by Gasteiger charge is -2.20.